The third kappa shape index (κ3) is 4.49. The Morgan fingerprint density at radius 3 is 2.60 bits per heavy atom. The van der Waals surface area contributed by atoms with Crippen molar-refractivity contribution in [1.29, 1.82) is 0 Å². The zero-order valence-electron chi connectivity index (χ0n) is 19.0. The van der Waals surface area contributed by atoms with Crippen molar-refractivity contribution in [1.82, 2.24) is 24.3 Å². The number of hydrogen-bond acceptors (Lipinski definition) is 7. The second-order valence-electron chi connectivity index (χ2n) is 8.55. The van der Waals surface area contributed by atoms with Gasteiger partial charge in [-0.2, -0.15) is 22.0 Å². The van der Waals surface area contributed by atoms with Gasteiger partial charge >= 0.3 is 12.1 Å². The SMILES string of the molecule is COCCNc1nc(-c2cn3ccnc3c(CCC(F)(F)C(F)(F)F)n2)nc2c1C(C)(C)C(=O)N2. The molecule has 0 aromatic carbocycles. The van der Waals surface area contributed by atoms with Crippen LogP contribution in [0.2, 0.25) is 0 Å². The van der Waals surface area contributed by atoms with Crippen molar-refractivity contribution in [2.24, 2.45) is 0 Å². The standard InChI is InChI=1S/C21H22F5N7O2/c1-19(2)13-15(27-7-9-35-3)30-14(31-16(13)32-18(19)34)12-10-33-8-6-28-17(33)11(29-12)4-5-20(22,23)21(24,25)26/h6,8,10H,4-5,7,9H2,1-3H3,(H2,27,30,31,32,34). The number of nitrogens with zero attached hydrogens (tertiary/aromatic N) is 5. The number of fused-ring (bicyclic) bond motifs is 2. The van der Waals surface area contributed by atoms with Gasteiger partial charge < -0.3 is 19.8 Å². The lowest BCUT2D eigenvalue weighted by Gasteiger charge is -2.20. The van der Waals surface area contributed by atoms with Crippen LogP contribution in [-0.2, 0) is 21.4 Å². The maximum Gasteiger partial charge on any atom is 0.453 e. The summed E-state index contributed by atoms with van der Waals surface area (Å²) in [6.45, 7) is 4.16. The Morgan fingerprint density at radius 2 is 1.91 bits per heavy atom. The molecule has 0 bridgehead atoms. The number of aromatic nitrogens is 5. The van der Waals surface area contributed by atoms with Crippen molar-refractivity contribution < 1.29 is 31.5 Å². The Hall–Kier alpha value is -3.42. The molecule has 35 heavy (non-hydrogen) atoms. The van der Waals surface area contributed by atoms with Crippen molar-refractivity contribution in [2.45, 2.75) is 44.2 Å². The molecule has 4 heterocycles. The Balaban J connectivity index is 1.77. The fraction of sp³-hybridized carbons (Fsp3) is 0.476. The van der Waals surface area contributed by atoms with E-state index < -0.39 is 30.4 Å². The minimum Gasteiger partial charge on any atom is -0.383 e. The van der Waals surface area contributed by atoms with Crippen molar-refractivity contribution in [3.8, 4) is 11.5 Å². The highest BCUT2D eigenvalue weighted by Gasteiger charge is 2.56. The van der Waals surface area contributed by atoms with Crippen LogP contribution in [-0.4, -0.2) is 62.6 Å². The number of rotatable bonds is 8. The smallest absolute Gasteiger partial charge is 0.383 e. The van der Waals surface area contributed by atoms with Crippen molar-refractivity contribution in [3.05, 3.63) is 29.8 Å². The minimum atomic E-state index is -5.67. The molecule has 0 saturated heterocycles. The Kier molecular flexibility index (Phi) is 6.11. The molecular weight excluding hydrogens is 477 g/mol. The molecule has 1 aliphatic rings. The normalized spacial score (nSPS) is 15.4. The minimum absolute atomic E-state index is 0.0427. The molecule has 3 aromatic heterocycles. The summed E-state index contributed by atoms with van der Waals surface area (Å²) in [6, 6.07) is 0. The van der Waals surface area contributed by atoms with Gasteiger partial charge in [-0.15, -0.1) is 0 Å². The third-order valence-electron chi connectivity index (χ3n) is 5.70. The van der Waals surface area contributed by atoms with Gasteiger partial charge in [0.1, 0.15) is 17.3 Å². The summed E-state index contributed by atoms with van der Waals surface area (Å²) in [5.41, 5.74) is -0.215. The van der Waals surface area contributed by atoms with E-state index in [1.807, 2.05) is 0 Å². The highest BCUT2D eigenvalue weighted by atomic mass is 19.4. The first-order valence-corrected chi connectivity index (χ1v) is 10.6. The number of imidazole rings is 1. The van der Waals surface area contributed by atoms with E-state index in [4.69, 9.17) is 4.74 Å². The van der Waals surface area contributed by atoms with Gasteiger partial charge in [0.15, 0.2) is 11.5 Å². The van der Waals surface area contributed by atoms with Gasteiger partial charge in [0, 0.05) is 38.7 Å². The Bertz CT molecular complexity index is 1270. The highest BCUT2D eigenvalue weighted by Crippen LogP contribution is 2.42. The van der Waals surface area contributed by atoms with Gasteiger partial charge in [0.2, 0.25) is 5.91 Å². The fourth-order valence-electron chi connectivity index (χ4n) is 3.72. The van der Waals surface area contributed by atoms with Crippen LogP contribution in [0.4, 0.5) is 33.6 Å². The molecule has 0 radical (unpaired) electrons. The number of aryl methyl sites for hydroxylation is 1. The molecule has 3 aromatic rings. The van der Waals surface area contributed by atoms with E-state index >= 15 is 0 Å². The zero-order valence-corrected chi connectivity index (χ0v) is 19.0. The fourth-order valence-corrected chi connectivity index (χ4v) is 3.72. The molecule has 188 valence electrons. The molecule has 0 fully saturated rings. The molecule has 0 aliphatic carbocycles. The van der Waals surface area contributed by atoms with Crippen LogP contribution in [0.1, 0.15) is 31.5 Å². The first kappa shape index (κ1) is 24.7. The molecule has 0 unspecified atom stereocenters. The van der Waals surface area contributed by atoms with Gasteiger partial charge in [-0.05, 0) is 20.3 Å². The number of ether oxygens (including phenoxy) is 1. The lowest BCUT2D eigenvalue weighted by molar-refractivity contribution is -0.284. The van der Waals surface area contributed by atoms with Gasteiger partial charge in [-0.25, -0.2) is 19.9 Å². The van der Waals surface area contributed by atoms with E-state index in [2.05, 4.69) is 30.6 Å². The van der Waals surface area contributed by atoms with Crippen LogP contribution in [0.3, 0.4) is 0 Å². The first-order valence-electron chi connectivity index (χ1n) is 10.6. The van der Waals surface area contributed by atoms with Gasteiger partial charge in [-0.3, -0.25) is 4.79 Å². The molecule has 9 nitrogen and oxygen atoms in total. The van der Waals surface area contributed by atoms with Crippen LogP contribution in [0.15, 0.2) is 18.6 Å². The molecule has 2 N–H and O–H groups in total. The maximum atomic E-state index is 13.6. The summed E-state index contributed by atoms with van der Waals surface area (Å²) in [6.07, 6.45) is -3.50. The van der Waals surface area contributed by atoms with Crippen LogP contribution in [0.25, 0.3) is 17.2 Å². The summed E-state index contributed by atoms with van der Waals surface area (Å²) in [5.74, 6) is -4.53. The molecule has 1 amide bonds. The van der Waals surface area contributed by atoms with Crippen LogP contribution in [0, 0.1) is 0 Å². The molecule has 1 aliphatic heterocycles. The zero-order chi connectivity index (χ0) is 25.6. The third-order valence-corrected chi connectivity index (χ3v) is 5.70. The topological polar surface area (TPSA) is 106 Å². The van der Waals surface area contributed by atoms with Gasteiger partial charge in [0.05, 0.1) is 23.3 Å². The predicted octanol–water partition coefficient (Wildman–Crippen LogP) is 3.60. The number of anilines is 2. The first-order chi connectivity index (χ1) is 16.3. The average molecular weight is 499 g/mol. The summed E-state index contributed by atoms with van der Waals surface area (Å²) in [5, 5.41) is 5.81. The number of amides is 1. The van der Waals surface area contributed by atoms with Crippen LogP contribution in [0.5, 0.6) is 0 Å². The Morgan fingerprint density at radius 1 is 1.17 bits per heavy atom. The van der Waals surface area contributed by atoms with Gasteiger partial charge in [0.25, 0.3) is 0 Å². The number of methoxy groups -OCH3 is 1. The second-order valence-corrected chi connectivity index (χ2v) is 8.55. The highest BCUT2D eigenvalue weighted by molar-refractivity contribution is 6.06. The van der Waals surface area contributed by atoms with Crippen LogP contribution < -0.4 is 10.6 Å². The summed E-state index contributed by atoms with van der Waals surface area (Å²) >= 11 is 0. The van der Waals surface area contributed by atoms with Crippen molar-refractivity contribution >= 4 is 23.2 Å². The van der Waals surface area contributed by atoms with Crippen molar-refractivity contribution in [2.75, 3.05) is 30.9 Å². The summed E-state index contributed by atoms with van der Waals surface area (Å²) in [4.78, 5) is 29.7. The number of carbonyl (C=O) groups is 1. The molecule has 4 rings (SSSR count). The molecule has 14 heteroatoms. The van der Waals surface area contributed by atoms with E-state index in [1.165, 1.54) is 30.1 Å². The lowest BCUT2D eigenvalue weighted by atomic mass is 9.87. The van der Waals surface area contributed by atoms with E-state index in [0.717, 1.165) is 0 Å². The molecule has 0 atom stereocenters. The monoisotopic (exact) mass is 499 g/mol. The molecule has 0 spiro atoms. The second kappa shape index (κ2) is 8.66. The predicted molar refractivity (Wildman–Crippen MR) is 115 cm³/mol. The maximum absolute atomic E-state index is 13.6. The van der Waals surface area contributed by atoms with Gasteiger partial charge in [-0.1, -0.05) is 0 Å². The largest absolute Gasteiger partial charge is 0.453 e. The molecule has 0 saturated carbocycles. The molecular formula is C21H22F5N7O2. The van der Waals surface area contributed by atoms with E-state index in [0.29, 0.717) is 24.5 Å². The number of alkyl halides is 5. The van der Waals surface area contributed by atoms with E-state index in [-0.39, 0.29) is 34.6 Å². The Labute approximate surface area is 196 Å². The number of halogens is 5. The average Bonchev–Trinajstić information content (AvgIpc) is 3.33. The number of hydrogen-bond donors (Lipinski definition) is 2. The quantitative estimate of drug-likeness (QED) is 0.360. The number of carbonyl (C=O) groups excluding carboxylic acids is 1. The summed E-state index contributed by atoms with van der Waals surface area (Å²) in [7, 11) is 1.53. The number of nitrogens with one attached hydrogen (secondary N) is 2. The van der Waals surface area contributed by atoms with Crippen molar-refractivity contribution in [3.63, 3.8) is 0 Å². The lowest BCUT2D eigenvalue weighted by Crippen LogP contribution is -2.36. The van der Waals surface area contributed by atoms with E-state index in [9.17, 15) is 26.7 Å². The summed E-state index contributed by atoms with van der Waals surface area (Å²) < 4.78 is 71.6. The van der Waals surface area contributed by atoms with Crippen LogP contribution >= 0.6 is 0 Å². The van der Waals surface area contributed by atoms with E-state index in [1.54, 1.807) is 13.8 Å².